The maximum Gasteiger partial charge on any atom is 0.484 e. The molecule has 2 aromatic rings. The number of halogens is 1. The molecule has 3 fully saturated rings. The number of benzene rings is 2. The van der Waals surface area contributed by atoms with Crippen LogP contribution in [0.4, 0.5) is 4.39 Å². The van der Waals surface area contributed by atoms with E-state index in [4.69, 9.17) is 9.05 Å². The van der Waals surface area contributed by atoms with E-state index in [1.165, 1.54) is 18.2 Å². The van der Waals surface area contributed by atoms with E-state index in [-0.39, 0.29) is 31.7 Å². The Labute approximate surface area is 289 Å². The zero-order valence-electron chi connectivity index (χ0n) is 27.9. The van der Waals surface area contributed by atoms with Gasteiger partial charge in [0.15, 0.2) is 17.2 Å². The Balaban J connectivity index is 1.13. The molecule has 0 bridgehead atoms. The Morgan fingerprint density at radius 2 is 1.62 bits per heavy atom. The number of hydrogen-bond donors (Lipinski definition) is 4. The van der Waals surface area contributed by atoms with E-state index in [0.717, 1.165) is 22.3 Å². The standard InChI is InChI=1S/C36H41FO11P2/c1-21-16-30-29-13-12-22-17-23(38)14-15-33(22,2)35(29,37)31(39)18-34(30,3)36(21,41)32(40)20-47-50(45,48-49(42,43)44)46-19-28-26-10-6-4-8-24(26)25-9-5-7-11-27(25)28/h4-11,14-15,17,21,28-31,39,41H,12-13,16,18-20H2,1-3H3,(H2,42,43,44)/t21-,29+,30+,31+,33+,34+,35+,36+,50?/m1/s1. The van der Waals surface area contributed by atoms with Gasteiger partial charge in [-0.05, 0) is 78.8 Å². The Hall–Kier alpha value is -2.63. The lowest BCUT2D eigenvalue weighted by molar-refractivity contribution is -0.219. The Morgan fingerprint density at radius 1 is 1.00 bits per heavy atom. The number of aliphatic hydroxyl groups excluding tert-OH is 1. The van der Waals surface area contributed by atoms with E-state index >= 15 is 4.39 Å². The van der Waals surface area contributed by atoms with Crippen LogP contribution in [0.1, 0.15) is 63.5 Å². The number of carbonyl (C=O) groups is 2. The highest BCUT2D eigenvalue weighted by atomic mass is 31.3. The molecule has 9 atom stereocenters. The van der Waals surface area contributed by atoms with Gasteiger partial charge in [0.05, 0.1) is 12.7 Å². The summed E-state index contributed by atoms with van der Waals surface area (Å²) in [4.78, 5) is 45.5. The third-order valence-electron chi connectivity index (χ3n) is 12.6. The van der Waals surface area contributed by atoms with Crippen molar-refractivity contribution in [2.45, 2.75) is 69.7 Å². The van der Waals surface area contributed by atoms with Crippen LogP contribution in [0.2, 0.25) is 0 Å². The van der Waals surface area contributed by atoms with E-state index in [1.54, 1.807) is 20.8 Å². The maximum atomic E-state index is 17.5. The molecule has 0 spiro atoms. The highest BCUT2D eigenvalue weighted by Gasteiger charge is 2.75. The summed E-state index contributed by atoms with van der Waals surface area (Å²) in [7, 11) is -10.6. The van der Waals surface area contributed by atoms with Crippen molar-refractivity contribution in [1.29, 1.82) is 0 Å². The largest absolute Gasteiger partial charge is 0.484 e. The Bertz CT molecular complexity index is 1880. The van der Waals surface area contributed by atoms with Crippen LogP contribution in [0, 0.1) is 28.6 Å². The minimum absolute atomic E-state index is 0.229. The maximum absolute atomic E-state index is 17.5. The molecule has 0 aliphatic heterocycles. The van der Waals surface area contributed by atoms with Crippen LogP contribution in [0.25, 0.3) is 11.1 Å². The van der Waals surface area contributed by atoms with E-state index in [2.05, 4.69) is 4.31 Å². The van der Waals surface area contributed by atoms with Crippen molar-refractivity contribution < 1.29 is 56.5 Å². The van der Waals surface area contributed by atoms with Crippen LogP contribution < -0.4 is 0 Å². The van der Waals surface area contributed by atoms with Crippen molar-refractivity contribution in [3.63, 3.8) is 0 Å². The molecule has 50 heavy (non-hydrogen) atoms. The van der Waals surface area contributed by atoms with Crippen LogP contribution in [0.3, 0.4) is 0 Å². The second kappa shape index (κ2) is 12.0. The first-order valence-corrected chi connectivity index (χ1v) is 19.8. The molecule has 5 aliphatic rings. The van der Waals surface area contributed by atoms with Crippen molar-refractivity contribution >= 4 is 27.2 Å². The summed E-state index contributed by atoms with van der Waals surface area (Å²) in [5, 5.41) is 23.9. The molecule has 14 heteroatoms. The normalized spacial score (nSPS) is 37.2. The molecule has 3 saturated carbocycles. The van der Waals surface area contributed by atoms with E-state index < -0.39 is 79.9 Å². The van der Waals surface area contributed by atoms with Gasteiger partial charge in [0.2, 0.25) is 0 Å². The summed E-state index contributed by atoms with van der Waals surface area (Å²) in [6.45, 7) is 3.47. The van der Waals surface area contributed by atoms with Crippen LogP contribution in [0.5, 0.6) is 0 Å². The molecular weight excluding hydrogens is 689 g/mol. The molecule has 0 radical (unpaired) electrons. The summed E-state index contributed by atoms with van der Waals surface area (Å²) < 4.78 is 58.7. The van der Waals surface area contributed by atoms with Gasteiger partial charge in [-0.3, -0.25) is 18.6 Å². The van der Waals surface area contributed by atoms with E-state index in [9.17, 15) is 38.7 Å². The lowest BCUT2D eigenvalue weighted by atomic mass is 9.44. The van der Waals surface area contributed by atoms with Gasteiger partial charge in [0.25, 0.3) is 0 Å². The number of carbonyl (C=O) groups excluding carboxylic acids is 2. The molecule has 2 aromatic carbocycles. The Morgan fingerprint density at radius 3 is 2.24 bits per heavy atom. The van der Waals surface area contributed by atoms with Gasteiger partial charge >= 0.3 is 15.6 Å². The monoisotopic (exact) mass is 730 g/mol. The number of fused-ring (bicyclic) bond motifs is 8. The molecule has 1 unspecified atom stereocenters. The first kappa shape index (κ1) is 35.8. The average molecular weight is 731 g/mol. The van der Waals surface area contributed by atoms with Gasteiger partial charge in [-0.15, -0.1) is 0 Å². The predicted octanol–water partition coefficient (Wildman–Crippen LogP) is 5.97. The number of alkyl halides is 1. The average Bonchev–Trinajstić information content (AvgIpc) is 3.48. The molecule has 0 saturated heterocycles. The van der Waals surface area contributed by atoms with Crippen molar-refractivity contribution in [3.8, 4) is 11.1 Å². The third-order valence-corrected chi connectivity index (χ3v) is 15.1. The molecule has 11 nitrogen and oxygen atoms in total. The lowest BCUT2D eigenvalue weighted by Gasteiger charge is -2.62. The van der Waals surface area contributed by atoms with E-state index in [1.807, 2.05) is 48.5 Å². The highest BCUT2D eigenvalue weighted by molar-refractivity contribution is 7.61. The molecule has 0 heterocycles. The number of ketones is 2. The third kappa shape index (κ3) is 5.18. The summed E-state index contributed by atoms with van der Waals surface area (Å²) in [5.74, 6) is -3.80. The smallest absolute Gasteiger partial charge is 0.390 e. The zero-order valence-corrected chi connectivity index (χ0v) is 29.7. The first-order valence-electron chi connectivity index (χ1n) is 16.8. The second-order valence-electron chi connectivity index (χ2n) is 14.9. The van der Waals surface area contributed by atoms with Gasteiger partial charge in [-0.1, -0.05) is 74.0 Å². The van der Waals surface area contributed by atoms with Gasteiger partial charge < -0.3 is 20.0 Å². The first-order chi connectivity index (χ1) is 23.4. The fourth-order valence-corrected chi connectivity index (χ4v) is 12.3. The Kier molecular flexibility index (Phi) is 8.55. The topological polar surface area (TPSA) is 177 Å². The predicted molar refractivity (Wildman–Crippen MR) is 179 cm³/mol. The van der Waals surface area contributed by atoms with Crippen LogP contribution in [-0.4, -0.2) is 62.2 Å². The summed E-state index contributed by atoms with van der Waals surface area (Å²) in [6, 6.07) is 14.9. The SMILES string of the molecule is C[C@@H]1C[C@H]2[C@@H]3CCC4=CC(=O)C=C[C@]4(C)[C@@]3(F)[C@@H](O)C[C@]2(C)[C@@]1(O)C(=O)COP(=O)(OCC1c2ccccc2-c2ccccc21)OP(=O)(O)O. The number of phosphoric acid groups is 2. The summed E-state index contributed by atoms with van der Waals surface area (Å²) >= 11 is 0. The number of Topliss-reactive ketones (excluding diaryl/α,β-unsaturated/α-hetero) is 1. The molecule has 268 valence electrons. The number of rotatable bonds is 9. The minimum atomic E-state index is -5.48. The fourth-order valence-electron chi connectivity index (χ4n) is 10.2. The minimum Gasteiger partial charge on any atom is -0.390 e. The van der Waals surface area contributed by atoms with Crippen molar-refractivity contribution in [3.05, 3.63) is 83.5 Å². The highest BCUT2D eigenvalue weighted by Crippen LogP contribution is 2.71. The van der Waals surface area contributed by atoms with Crippen LogP contribution in [-0.2, 0) is 32.1 Å². The van der Waals surface area contributed by atoms with Crippen molar-refractivity contribution in [1.82, 2.24) is 0 Å². The number of aliphatic hydroxyl groups is 2. The van der Waals surface area contributed by atoms with Gasteiger partial charge in [0, 0.05) is 22.7 Å². The van der Waals surface area contributed by atoms with Crippen LogP contribution in [0.15, 0.2) is 72.3 Å². The van der Waals surface area contributed by atoms with Crippen molar-refractivity contribution in [2.24, 2.45) is 28.6 Å². The van der Waals surface area contributed by atoms with Crippen molar-refractivity contribution in [2.75, 3.05) is 13.2 Å². The molecule has 0 amide bonds. The molecule has 4 N–H and O–H groups in total. The van der Waals surface area contributed by atoms with Crippen LogP contribution >= 0.6 is 15.6 Å². The fraction of sp³-hybridized carbons (Fsp3) is 0.500. The van der Waals surface area contributed by atoms with Gasteiger partial charge in [-0.2, -0.15) is 4.31 Å². The van der Waals surface area contributed by atoms with Gasteiger partial charge in [-0.25, -0.2) is 13.5 Å². The second-order valence-corrected chi connectivity index (χ2v) is 18.0. The quantitative estimate of drug-likeness (QED) is 0.224. The molecule has 0 aromatic heterocycles. The molecule has 5 aliphatic carbocycles. The summed E-state index contributed by atoms with van der Waals surface area (Å²) in [6.07, 6.45) is 3.27. The van der Waals surface area contributed by atoms with Gasteiger partial charge in [0.1, 0.15) is 12.2 Å². The van der Waals surface area contributed by atoms with E-state index in [0.29, 0.717) is 12.0 Å². The zero-order chi connectivity index (χ0) is 36.1. The number of hydrogen-bond acceptors (Lipinski definition) is 9. The summed E-state index contributed by atoms with van der Waals surface area (Å²) in [5.41, 5.74) is -2.91. The lowest BCUT2D eigenvalue weighted by Crippen LogP contribution is -2.69. The molecule has 7 rings (SSSR count). The molecular formula is C36H41FO11P2. The number of allylic oxidation sites excluding steroid dienone is 4. The number of phosphoric ester groups is 1.